The SMILES string of the molecule is C.COC(=O)C1C(c2cc[c]([Sn]([CH3])([CH3])[CH3])cc2)CC23CCC2N(CCCF)C13.COC(=O)C1C(c2ccc([123I])cc2)CC23CCC2N(CCCF)C13.[3H]PC.[F][Sn]. The molecule has 2 spiro atoms. The number of carbonyl (C=O) groups is 2. The molecule has 11 unspecified atom stereocenters. The molecule has 6 aliphatic rings. The van der Waals surface area contributed by atoms with Crippen LogP contribution in [0.4, 0.5) is 11.6 Å². The molecule has 6 nitrogen and oxygen atoms in total. The van der Waals surface area contributed by atoms with Crippen LogP contribution in [0.1, 0.15) is 81.8 Å². The molecule has 56 heavy (non-hydrogen) atoms. The zero-order chi connectivity index (χ0) is 41.0. The maximum absolute atomic E-state index is 12.8. The number of nitrogens with zero attached hydrogens (tertiary/aromatic N) is 2. The summed E-state index contributed by atoms with van der Waals surface area (Å²) in [6.45, 7) is 2.79. The van der Waals surface area contributed by atoms with Gasteiger partial charge in [-0.25, -0.2) is 0 Å². The minimum atomic E-state index is -2.08. The van der Waals surface area contributed by atoms with Crippen LogP contribution >= 0.6 is 31.8 Å². The molecular formula is C43H64F3IN2O4PSn2. The van der Waals surface area contributed by atoms with Crippen LogP contribution in [0.5, 0.6) is 0 Å². The number of esters is 2. The molecule has 13 heteroatoms. The van der Waals surface area contributed by atoms with E-state index in [1.807, 2.05) is 6.66 Å². The Labute approximate surface area is 370 Å². The van der Waals surface area contributed by atoms with Gasteiger partial charge in [-0.05, 0) is 71.9 Å². The van der Waals surface area contributed by atoms with E-state index >= 15 is 0 Å². The van der Waals surface area contributed by atoms with Crippen LogP contribution < -0.4 is 3.58 Å². The maximum atomic E-state index is 12.8. The van der Waals surface area contributed by atoms with E-state index < -0.39 is 18.4 Å². The number of halogens is 4. The molecule has 0 amide bonds. The monoisotopic (exact) mass is 1130 g/mol. The summed E-state index contributed by atoms with van der Waals surface area (Å²) in [5, 5.41) is 0. The van der Waals surface area contributed by atoms with Crippen molar-refractivity contribution < 1.29 is 30.7 Å². The molecule has 3 radical (unpaired) electrons. The Morgan fingerprint density at radius 1 is 0.821 bits per heavy atom. The van der Waals surface area contributed by atoms with Gasteiger partial charge in [-0.1, -0.05) is 26.2 Å². The average Bonchev–Trinajstić information content (AvgIpc) is 3.72. The Hall–Kier alpha value is -0.153. The van der Waals surface area contributed by atoms with Gasteiger partial charge in [0.1, 0.15) is 0 Å². The zero-order valence-corrected chi connectivity index (χ0v) is 42.1. The normalized spacial score (nSPS) is 33.4. The number of likely N-dealkylation sites (tertiary alicyclic amines) is 2. The van der Waals surface area contributed by atoms with Crippen LogP contribution in [-0.4, -0.2) is 136 Å². The third-order valence-corrected chi connectivity index (χ3v) is 20.7. The number of alkyl halides is 2. The van der Waals surface area contributed by atoms with Crippen LogP contribution in [0, 0.1) is 26.2 Å². The molecule has 0 N–H and O–H groups in total. The van der Waals surface area contributed by atoms with Crippen molar-refractivity contribution in [2.75, 3.05) is 47.3 Å². The standard InChI is InChI=1S/C19H23FINO2.C19H23FNO2.CH5P.CH4.3CH3.FH.2Sn/c1-24-18(23)16-14(12-3-5-13(21)6-4-12)11-19-8-7-15(19)22(17(16)19)10-2-9-20;1-23-18(22)16-14(13-6-3-2-4-7-13)12-19-9-8-15(19)21(17(16)19)11-5-10-20;1-2;;;;;;;/h3-6,14-17H,2,7-11H2,1H3;3-4,6-7,14-17H,5,8-12H2,1H3;2H2,1H3;1H4;3*1H3;1H;;/q;;;;;;;;;+1/p-1/i21-4;;2T;;;;;;;. The van der Waals surface area contributed by atoms with Gasteiger partial charge in [0, 0.05) is 27.6 Å². The zero-order valence-electron chi connectivity index (χ0n) is 34.3. The van der Waals surface area contributed by atoms with Gasteiger partial charge < -0.3 is 4.74 Å². The van der Waals surface area contributed by atoms with E-state index in [1.165, 1.54) is 58.2 Å². The summed E-state index contributed by atoms with van der Waals surface area (Å²) in [6.07, 6.45) is 8.05. The molecule has 0 bridgehead atoms. The van der Waals surface area contributed by atoms with Crippen molar-refractivity contribution in [2.24, 2.45) is 22.7 Å². The molecule has 2 heterocycles. The Morgan fingerprint density at radius 2 is 1.20 bits per heavy atom. The first kappa shape index (κ1) is 46.9. The first-order valence-electron chi connectivity index (χ1n) is 20.3. The molecule has 2 aliphatic heterocycles. The first-order valence-corrected chi connectivity index (χ1v) is 32.9. The third kappa shape index (κ3) is 8.65. The van der Waals surface area contributed by atoms with Crippen LogP contribution in [0.25, 0.3) is 0 Å². The van der Waals surface area contributed by atoms with Gasteiger partial charge in [0.05, 0.1) is 21.0 Å². The Morgan fingerprint density at radius 3 is 1.50 bits per heavy atom. The number of rotatable bonds is 11. The number of carbonyl (C=O) groups excluding carboxylic acids is 2. The van der Waals surface area contributed by atoms with Gasteiger partial charge in [-0.3, -0.25) is 14.1 Å². The summed E-state index contributed by atoms with van der Waals surface area (Å²) in [6, 6.07) is 19.2. The Bertz CT molecular complexity index is 1630. The average molecular weight is 1120 g/mol. The summed E-state index contributed by atoms with van der Waals surface area (Å²) in [5.41, 5.74) is 3.06. The van der Waals surface area contributed by atoms with E-state index in [1.54, 1.807) is 0 Å². The van der Waals surface area contributed by atoms with Crippen molar-refractivity contribution in [1.82, 2.24) is 9.80 Å². The molecule has 4 saturated carbocycles. The van der Waals surface area contributed by atoms with E-state index in [0.29, 0.717) is 34.1 Å². The van der Waals surface area contributed by atoms with Gasteiger partial charge in [0.15, 0.2) is 0 Å². The Kier molecular flexibility index (Phi) is 17.3. The minimum absolute atomic E-state index is 0. The van der Waals surface area contributed by atoms with Crippen molar-refractivity contribution >= 4 is 88.8 Å². The predicted octanol–water partition coefficient (Wildman–Crippen LogP) is 8.63. The number of piperidine rings is 2. The van der Waals surface area contributed by atoms with Crippen molar-refractivity contribution in [1.29, 1.82) is 1.28 Å². The van der Waals surface area contributed by atoms with Crippen molar-refractivity contribution in [3.05, 3.63) is 63.2 Å². The molecule has 6 fully saturated rings. The number of hydrogen-bond acceptors (Lipinski definition) is 6. The summed E-state index contributed by atoms with van der Waals surface area (Å²) in [7, 11) is 3.32. The summed E-state index contributed by atoms with van der Waals surface area (Å²) in [4.78, 5) is 37.5. The molecule has 4 aliphatic carbocycles. The molecule has 8 rings (SSSR count). The molecule has 2 aromatic rings. The second-order valence-electron chi connectivity index (χ2n) is 17.2. The van der Waals surface area contributed by atoms with Gasteiger partial charge in [-0.2, -0.15) is 0 Å². The van der Waals surface area contributed by atoms with Crippen LogP contribution in [0.3, 0.4) is 0 Å². The third-order valence-electron chi connectivity index (χ3n) is 14.1. The van der Waals surface area contributed by atoms with Crippen molar-refractivity contribution in [3.63, 3.8) is 0 Å². The topological polar surface area (TPSA) is 59.1 Å². The van der Waals surface area contributed by atoms with E-state index in [2.05, 4.69) is 95.7 Å². The van der Waals surface area contributed by atoms with Crippen molar-refractivity contribution in [3.8, 4) is 0 Å². The molecule has 311 valence electrons. The second-order valence-corrected chi connectivity index (χ2v) is 32.9. The van der Waals surface area contributed by atoms with E-state index in [-0.39, 0.29) is 102 Å². The molecular weight excluding hydrogens is 1060 g/mol. The fraction of sp³-hybridized carbons (Fsp3) is 0.674. The van der Waals surface area contributed by atoms with Gasteiger partial charge in [-0.15, -0.1) is 9.18 Å². The number of methoxy groups -OCH3 is 2. The predicted molar refractivity (Wildman–Crippen MR) is 237 cm³/mol. The van der Waals surface area contributed by atoms with Crippen LogP contribution in [-0.2, 0) is 19.1 Å². The van der Waals surface area contributed by atoms with Gasteiger partial charge in [0.25, 0.3) is 0 Å². The number of hydrogen-bond donors (Lipinski definition) is 0. The molecule has 0 aromatic heterocycles. The van der Waals surface area contributed by atoms with E-state index in [0.717, 1.165) is 25.9 Å². The van der Waals surface area contributed by atoms with E-state index in [9.17, 15) is 21.2 Å². The first-order chi connectivity index (χ1) is 26.9. The fourth-order valence-electron chi connectivity index (χ4n) is 11.7. The van der Waals surface area contributed by atoms with Gasteiger partial charge >= 0.3 is 199 Å². The summed E-state index contributed by atoms with van der Waals surface area (Å²) < 4.78 is 54.4. The number of benzene rings is 2. The molecule has 2 aromatic carbocycles. The summed E-state index contributed by atoms with van der Waals surface area (Å²) >= 11 is 0.280. The Balaban J connectivity index is 0.000000225. The molecule has 11 atom stereocenters. The van der Waals surface area contributed by atoms with Crippen LogP contribution in [0.15, 0.2) is 48.5 Å². The second kappa shape index (κ2) is 20.6. The summed E-state index contributed by atoms with van der Waals surface area (Å²) in [5.74, 6) is 0.0245. The fourth-order valence-corrected chi connectivity index (χ4v) is 15.4. The van der Waals surface area contributed by atoms with Crippen LogP contribution in [0.2, 0.25) is 14.8 Å². The quantitative estimate of drug-likeness (QED) is 0.0974. The van der Waals surface area contributed by atoms with E-state index in [4.69, 9.17) is 10.8 Å². The number of ether oxygens (including phenoxy) is 2. The molecule has 2 saturated heterocycles. The van der Waals surface area contributed by atoms with Crippen molar-refractivity contribution in [2.45, 2.75) is 110 Å². The van der Waals surface area contributed by atoms with Gasteiger partial charge in [0.2, 0.25) is 0 Å².